The maximum Gasteiger partial charge on any atom is 0.411 e. The molecule has 7 nitrogen and oxygen atoms in total. The fourth-order valence-electron chi connectivity index (χ4n) is 3.35. The van der Waals surface area contributed by atoms with Crippen molar-refractivity contribution >= 4 is 12.1 Å². The van der Waals surface area contributed by atoms with Gasteiger partial charge in [0, 0.05) is 0 Å². The Morgan fingerprint density at radius 3 is 2.03 bits per heavy atom. The molecule has 1 heterocycles. The van der Waals surface area contributed by atoms with E-state index in [0.717, 1.165) is 11.1 Å². The maximum atomic E-state index is 12.9. The quantitative estimate of drug-likeness (QED) is 0.703. The highest BCUT2D eigenvalue weighted by atomic mass is 16.6. The normalized spacial score (nSPS) is 20.9. The second-order valence-electron chi connectivity index (χ2n) is 7.45. The number of ether oxygens (including phenoxy) is 3. The van der Waals surface area contributed by atoms with Crippen LogP contribution in [0.4, 0.5) is 4.79 Å². The van der Waals surface area contributed by atoms with E-state index in [2.05, 4.69) is 0 Å². The number of β-amino-alcohol motifs (C(OH)–C–C–N with tert-alkyl or cyclic N) is 1. The molecule has 1 saturated heterocycles. The number of rotatable bonds is 7. The fraction of sp³-hybridized carbons (Fsp3) is 0.391. The first-order chi connectivity index (χ1) is 14.5. The van der Waals surface area contributed by atoms with Crippen molar-refractivity contribution in [1.29, 1.82) is 0 Å². The summed E-state index contributed by atoms with van der Waals surface area (Å²) < 4.78 is 16.6. The lowest BCUT2D eigenvalue weighted by Crippen LogP contribution is -2.48. The highest BCUT2D eigenvalue weighted by Crippen LogP contribution is 2.25. The molecule has 0 saturated carbocycles. The molecule has 0 spiro atoms. The van der Waals surface area contributed by atoms with Gasteiger partial charge in [-0.3, -0.25) is 4.90 Å². The van der Waals surface area contributed by atoms with Gasteiger partial charge in [-0.25, -0.2) is 9.59 Å². The third kappa shape index (κ3) is 5.58. The Kier molecular flexibility index (Phi) is 7.43. The molecule has 0 aliphatic carbocycles. The number of hydrogen-bond donors (Lipinski definition) is 1. The number of aliphatic hydroxyl groups is 1. The largest absolute Gasteiger partial charge is 0.459 e. The van der Waals surface area contributed by atoms with E-state index >= 15 is 0 Å². The molecule has 0 radical (unpaired) electrons. The van der Waals surface area contributed by atoms with Gasteiger partial charge in [0.15, 0.2) is 6.04 Å². The van der Waals surface area contributed by atoms with E-state index in [4.69, 9.17) is 14.2 Å². The molecule has 0 aromatic heterocycles. The third-order valence-electron chi connectivity index (χ3n) is 4.74. The predicted octanol–water partition coefficient (Wildman–Crippen LogP) is 2.91. The summed E-state index contributed by atoms with van der Waals surface area (Å²) >= 11 is 0. The second kappa shape index (κ2) is 10.2. The number of carbonyl (C=O) groups is 2. The molecule has 0 unspecified atom stereocenters. The van der Waals surface area contributed by atoms with E-state index in [1.54, 1.807) is 13.8 Å². The second-order valence-corrected chi connectivity index (χ2v) is 7.45. The summed E-state index contributed by atoms with van der Waals surface area (Å²) in [6.45, 7) is 3.66. The lowest BCUT2D eigenvalue weighted by Gasteiger charge is -2.27. The average molecular weight is 413 g/mol. The van der Waals surface area contributed by atoms with Crippen LogP contribution in [0.1, 0.15) is 25.0 Å². The van der Waals surface area contributed by atoms with Crippen molar-refractivity contribution < 1.29 is 28.9 Å². The van der Waals surface area contributed by atoms with E-state index in [1.165, 1.54) is 4.90 Å². The first-order valence-corrected chi connectivity index (χ1v) is 9.97. The van der Waals surface area contributed by atoms with Gasteiger partial charge in [0.2, 0.25) is 0 Å². The first kappa shape index (κ1) is 21.8. The van der Waals surface area contributed by atoms with Gasteiger partial charge in [0.25, 0.3) is 0 Å². The van der Waals surface area contributed by atoms with Crippen molar-refractivity contribution in [1.82, 2.24) is 4.90 Å². The third-order valence-corrected chi connectivity index (χ3v) is 4.74. The van der Waals surface area contributed by atoms with Crippen molar-refractivity contribution in [2.45, 2.75) is 51.4 Å². The topological polar surface area (TPSA) is 85.3 Å². The smallest absolute Gasteiger partial charge is 0.411 e. The monoisotopic (exact) mass is 413 g/mol. The lowest BCUT2D eigenvalue weighted by molar-refractivity contribution is -0.156. The van der Waals surface area contributed by atoms with Crippen LogP contribution >= 0.6 is 0 Å². The predicted molar refractivity (Wildman–Crippen MR) is 109 cm³/mol. The number of likely N-dealkylation sites (tertiary alicyclic amines) is 1. The number of nitrogens with zero attached hydrogens (tertiary/aromatic N) is 1. The SMILES string of the molecule is CC(C)O[C@H]1[C@@H](C(=O)OCc2ccccc2)N(C(=O)OCc2ccccc2)C[C@@H]1O. The summed E-state index contributed by atoms with van der Waals surface area (Å²) in [5, 5.41) is 10.5. The van der Waals surface area contributed by atoms with Crippen LogP contribution in [0.3, 0.4) is 0 Å². The standard InChI is InChI=1S/C23H27NO6/c1-16(2)30-21-19(25)13-24(23(27)29-15-18-11-7-4-8-12-18)20(21)22(26)28-14-17-9-5-3-6-10-17/h3-12,16,19-21,25H,13-15H2,1-2H3/t19-,20-,21+/m0/s1. The number of aliphatic hydroxyl groups excluding tert-OH is 1. The lowest BCUT2D eigenvalue weighted by atomic mass is 10.1. The summed E-state index contributed by atoms with van der Waals surface area (Å²) in [4.78, 5) is 26.8. The van der Waals surface area contributed by atoms with Crippen molar-refractivity contribution in [3.63, 3.8) is 0 Å². The summed E-state index contributed by atoms with van der Waals surface area (Å²) in [5.74, 6) is -0.641. The molecular weight excluding hydrogens is 386 g/mol. The number of carbonyl (C=O) groups excluding carboxylic acids is 2. The van der Waals surface area contributed by atoms with E-state index in [1.807, 2.05) is 60.7 Å². The van der Waals surface area contributed by atoms with Crippen LogP contribution < -0.4 is 0 Å². The summed E-state index contributed by atoms with van der Waals surface area (Å²) in [7, 11) is 0. The van der Waals surface area contributed by atoms with Crippen LogP contribution in [0.15, 0.2) is 60.7 Å². The molecule has 7 heteroatoms. The highest BCUT2D eigenvalue weighted by Gasteiger charge is 2.50. The zero-order chi connectivity index (χ0) is 21.5. The minimum atomic E-state index is -1.09. The Morgan fingerprint density at radius 2 is 1.50 bits per heavy atom. The number of esters is 1. The zero-order valence-corrected chi connectivity index (χ0v) is 17.1. The minimum absolute atomic E-state index is 0.0631. The van der Waals surface area contributed by atoms with Crippen LogP contribution in [-0.4, -0.2) is 53.0 Å². The molecule has 1 amide bonds. The summed E-state index contributed by atoms with van der Waals surface area (Å²) in [6, 6.07) is 17.4. The number of benzene rings is 2. The van der Waals surface area contributed by atoms with Crippen molar-refractivity contribution in [2.75, 3.05) is 6.54 Å². The molecule has 30 heavy (non-hydrogen) atoms. The van der Waals surface area contributed by atoms with Crippen molar-refractivity contribution in [3.05, 3.63) is 71.8 Å². The molecule has 0 bridgehead atoms. The molecule has 3 atom stereocenters. The first-order valence-electron chi connectivity index (χ1n) is 9.97. The van der Waals surface area contributed by atoms with Gasteiger partial charge in [0.05, 0.1) is 12.6 Å². The molecule has 160 valence electrons. The molecule has 1 aliphatic heterocycles. The Hall–Kier alpha value is -2.90. The maximum absolute atomic E-state index is 12.9. The molecule has 1 fully saturated rings. The van der Waals surface area contributed by atoms with Gasteiger partial charge < -0.3 is 19.3 Å². The van der Waals surface area contributed by atoms with Crippen LogP contribution in [0.25, 0.3) is 0 Å². The van der Waals surface area contributed by atoms with Crippen molar-refractivity contribution in [2.24, 2.45) is 0 Å². The van der Waals surface area contributed by atoms with Gasteiger partial charge in [-0.05, 0) is 25.0 Å². The van der Waals surface area contributed by atoms with Gasteiger partial charge in [-0.2, -0.15) is 0 Å². The average Bonchev–Trinajstić information content (AvgIpc) is 3.07. The van der Waals surface area contributed by atoms with E-state index in [0.29, 0.717) is 0 Å². The Morgan fingerprint density at radius 1 is 0.967 bits per heavy atom. The van der Waals surface area contributed by atoms with Gasteiger partial charge in [0.1, 0.15) is 25.4 Å². The Balaban J connectivity index is 1.70. The van der Waals surface area contributed by atoms with Crippen LogP contribution in [0.2, 0.25) is 0 Å². The molecule has 1 N–H and O–H groups in total. The molecular formula is C23H27NO6. The molecule has 2 aromatic carbocycles. The van der Waals surface area contributed by atoms with Crippen LogP contribution in [0.5, 0.6) is 0 Å². The van der Waals surface area contributed by atoms with E-state index in [-0.39, 0.29) is 25.9 Å². The molecule has 2 aromatic rings. The van der Waals surface area contributed by atoms with Gasteiger partial charge >= 0.3 is 12.1 Å². The van der Waals surface area contributed by atoms with E-state index < -0.39 is 30.3 Å². The van der Waals surface area contributed by atoms with Crippen LogP contribution in [0, 0.1) is 0 Å². The number of amides is 1. The molecule has 1 aliphatic rings. The summed E-state index contributed by atoms with van der Waals surface area (Å²) in [5.41, 5.74) is 1.65. The zero-order valence-electron chi connectivity index (χ0n) is 17.1. The Bertz CT molecular complexity index is 826. The van der Waals surface area contributed by atoms with Crippen LogP contribution in [-0.2, 0) is 32.2 Å². The highest BCUT2D eigenvalue weighted by molar-refractivity contribution is 5.83. The van der Waals surface area contributed by atoms with Crippen molar-refractivity contribution in [3.8, 4) is 0 Å². The van der Waals surface area contributed by atoms with E-state index in [9.17, 15) is 14.7 Å². The van der Waals surface area contributed by atoms with Gasteiger partial charge in [-0.1, -0.05) is 60.7 Å². The summed E-state index contributed by atoms with van der Waals surface area (Å²) in [6.07, 6.45) is -2.85. The number of hydrogen-bond acceptors (Lipinski definition) is 6. The minimum Gasteiger partial charge on any atom is -0.459 e. The molecule has 3 rings (SSSR count). The Labute approximate surface area is 176 Å². The fourth-order valence-corrected chi connectivity index (χ4v) is 3.35. The van der Waals surface area contributed by atoms with Gasteiger partial charge in [-0.15, -0.1) is 0 Å².